The molecule has 5 nitrogen and oxygen atoms in total. The van der Waals surface area contributed by atoms with Gasteiger partial charge in [0, 0.05) is 12.2 Å². The molecular weight excluding hydrogens is 328 g/mol. The van der Waals surface area contributed by atoms with E-state index in [1.54, 1.807) is 13.2 Å². The van der Waals surface area contributed by atoms with Crippen LogP contribution in [0, 0.1) is 0 Å². The van der Waals surface area contributed by atoms with Crippen LogP contribution in [0.5, 0.6) is 11.5 Å². The summed E-state index contributed by atoms with van der Waals surface area (Å²) >= 11 is 0. The molecule has 0 unspecified atom stereocenters. The van der Waals surface area contributed by atoms with E-state index in [2.05, 4.69) is 17.6 Å². The summed E-state index contributed by atoms with van der Waals surface area (Å²) in [6.07, 6.45) is 3.92. The monoisotopic (exact) mass is 354 g/mol. The third-order valence-corrected chi connectivity index (χ3v) is 3.70. The van der Waals surface area contributed by atoms with E-state index in [0.717, 1.165) is 29.9 Å². The lowest BCUT2D eigenvalue weighted by Gasteiger charge is -2.12. The number of carbonyl (C=O) groups excluding carboxylic acids is 1. The predicted molar refractivity (Wildman–Crippen MR) is 106 cm³/mol. The first-order valence-electron chi connectivity index (χ1n) is 8.69. The molecule has 0 aromatic heterocycles. The number of allylic oxidation sites excluding steroid dienone is 1. The van der Waals surface area contributed by atoms with Crippen molar-refractivity contribution in [3.63, 3.8) is 0 Å². The maximum absolute atomic E-state index is 12.2. The quantitative estimate of drug-likeness (QED) is 0.718. The molecule has 0 spiro atoms. The summed E-state index contributed by atoms with van der Waals surface area (Å²) in [6, 6.07) is 13.3. The molecule has 0 aliphatic carbocycles. The van der Waals surface area contributed by atoms with Crippen LogP contribution >= 0.6 is 0 Å². The first-order chi connectivity index (χ1) is 12.7. The van der Waals surface area contributed by atoms with Crippen LogP contribution in [-0.2, 0) is 11.3 Å². The van der Waals surface area contributed by atoms with Crippen LogP contribution in [0.15, 0.2) is 48.5 Å². The molecule has 138 valence electrons. The fourth-order valence-corrected chi connectivity index (χ4v) is 2.47. The normalized spacial score (nSPS) is 10.7. The molecule has 5 heteroatoms. The molecule has 0 saturated heterocycles. The van der Waals surface area contributed by atoms with Crippen LogP contribution in [0.4, 0.5) is 5.69 Å². The molecule has 2 N–H and O–H groups in total. The second-order valence-corrected chi connectivity index (χ2v) is 5.73. The van der Waals surface area contributed by atoms with Gasteiger partial charge in [-0.3, -0.25) is 4.79 Å². The first kappa shape index (κ1) is 19.5. The van der Waals surface area contributed by atoms with Crippen LogP contribution in [-0.4, -0.2) is 26.2 Å². The second-order valence-electron chi connectivity index (χ2n) is 5.73. The Morgan fingerprint density at radius 2 is 2.00 bits per heavy atom. The van der Waals surface area contributed by atoms with E-state index in [1.807, 2.05) is 55.5 Å². The molecule has 0 saturated carbocycles. The van der Waals surface area contributed by atoms with Crippen molar-refractivity contribution in [2.45, 2.75) is 20.4 Å². The van der Waals surface area contributed by atoms with Gasteiger partial charge in [-0.15, -0.1) is 0 Å². The minimum Gasteiger partial charge on any atom is -0.493 e. The van der Waals surface area contributed by atoms with Crippen LogP contribution in [0.25, 0.3) is 6.08 Å². The molecule has 26 heavy (non-hydrogen) atoms. The van der Waals surface area contributed by atoms with Gasteiger partial charge in [0.05, 0.1) is 7.11 Å². The summed E-state index contributed by atoms with van der Waals surface area (Å²) in [5.41, 5.74) is 2.88. The molecule has 0 aliphatic rings. The van der Waals surface area contributed by atoms with Crippen molar-refractivity contribution < 1.29 is 14.3 Å². The highest BCUT2D eigenvalue weighted by Crippen LogP contribution is 2.28. The van der Waals surface area contributed by atoms with E-state index in [0.29, 0.717) is 11.5 Å². The number of hydrogen-bond acceptors (Lipinski definition) is 4. The molecule has 1 amide bonds. The molecule has 2 rings (SSSR count). The number of carbonyl (C=O) groups is 1. The Bertz CT molecular complexity index is 757. The van der Waals surface area contributed by atoms with Gasteiger partial charge in [0.25, 0.3) is 5.91 Å². The van der Waals surface area contributed by atoms with Crippen LogP contribution < -0.4 is 20.1 Å². The standard InChI is InChI=1S/C21H26N2O3/c1-4-7-16-10-11-19(20(13-16)25-3)26-15-21(24)23-18-9-6-8-17(12-18)14-22-5-2/h4,6-13,22H,5,14-15H2,1-3H3,(H,23,24)/b7-4+. The average molecular weight is 354 g/mol. The fraction of sp³-hybridized carbons (Fsp3) is 0.286. The summed E-state index contributed by atoms with van der Waals surface area (Å²) in [6.45, 7) is 5.60. The maximum atomic E-state index is 12.2. The van der Waals surface area contributed by atoms with E-state index < -0.39 is 0 Å². The summed E-state index contributed by atoms with van der Waals surface area (Å²) in [4.78, 5) is 12.2. The Morgan fingerprint density at radius 1 is 1.15 bits per heavy atom. The maximum Gasteiger partial charge on any atom is 0.262 e. The SMILES string of the molecule is C/C=C/c1ccc(OCC(=O)Nc2cccc(CNCC)c2)c(OC)c1. The van der Waals surface area contributed by atoms with Crippen molar-refractivity contribution >= 4 is 17.7 Å². The minimum absolute atomic E-state index is 0.0865. The van der Waals surface area contributed by atoms with Crippen molar-refractivity contribution in [2.75, 3.05) is 25.6 Å². The third-order valence-electron chi connectivity index (χ3n) is 3.70. The Morgan fingerprint density at radius 3 is 2.73 bits per heavy atom. The van der Waals surface area contributed by atoms with Gasteiger partial charge < -0.3 is 20.1 Å². The number of hydrogen-bond donors (Lipinski definition) is 2. The summed E-state index contributed by atoms with van der Waals surface area (Å²) in [5.74, 6) is 0.919. The molecule has 0 radical (unpaired) electrons. The van der Waals surface area contributed by atoms with E-state index >= 15 is 0 Å². The Hall–Kier alpha value is -2.79. The second kappa shape index (κ2) is 10.3. The molecule has 2 aromatic carbocycles. The Balaban J connectivity index is 1.94. The lowest BCUT2D eigenvalue weighted by atomic mass is 10.2. The number of rotatable bonds is 9. The van der Waals surface area contributed by atoms with Gasteiger partial charge in [-0.05, 0) is 48.9 Å². The van der Waals surface area contributed by atoms with Crippen LogP contribution in [0.2, 0.25) is 0 Å². The number of benzene rings is 2. The van der Waals surface area contributed by atoms with Crippen molar-refractivity contribution in [1.82, 2.24) is 5.32 Å². The number of nitrogens with one attached hydrogen (secondary N) is 2. The Kier molecular flexibility index (Phi) is 7.71. The van der Waals surface area contributed by atoms with E-state index in [-0.39, 0.29) is 12.5 Å². The highest BCUT2D eigenvalue weighted by atomic mass is 16.5. The minimum atomic E-state index is -0.217. The molecule has 0 atom stereocenters. The molecule has 0 aliphatic heterocycles. The van der Waals surface area contributed by atoms with Gasteiger partial charge >= 0.3 is 0 Å². The van der Waals surface area contributed by atoms with Crippen molar-refractivity contribution in [3.05, 3.63) is 59.7 Å². The van der Waals surface area contributed by atoms with E-state index in [1.165, 1.54) is 0 Å². The van der Waals surface area contributed by atoms with Gasteiger partial charge in [0.15, 0.2) is 18.1 Å². The van der Waals surface area contributed by atoms with Gasteiger partial charge in [-0.1, -0.05) is 37.3 Å². The summed E-state index contributed by atoms with van der Waals surface area (Å²) in [7, 11) is 1.58. The first-order valence-corrected chi connectivity index (χ1v) is 8.69. The molecular formula is C21H26N2O3. The topological polar surface area (TPSA) is 59.6 Å². The van der Waals surface area contributed by atoms with E-state index in [4.69, 9.17) is 9.47 Å². The molecule has 0 fully saturated rings. The fourth-order valence-electron chi connectivity index (χ4n) is 2.47. The zero-order valence-electron chi connectivity index (χ0n) is 15.5. The zero-order valence-corrected chi connectivity index (χ0v) is 15.5. The molecule has 0 heterocycles. The predicted octanol–water partition coefficient (Wildman–Crippen LogP) is 3.86. The van der Waals surface area contributed by atoms with Crippen molar-refractivity contribution in [2.24, 2.45) is 0 Å². The summed E-state index contributed by atoms with van der Waals surface area (Å²) in [5, 5.41) is 6.12. The third kappa shape index (κ3) is 5.93. The van der Waals surface area contributed by atoms with Gasteiger partial charge in [-0.2, -0.15) is 0 Å². The lowest BCUT2D eigenvalue weighted by molar-refractivity contribution is -0.118. The number of amides is 1. The highest BCUT2D eigenvalue weighted by molar-refractivity contribution is 5.92. The number of methoxy groups -OCH3 is 1. The van der Waals surface area contributed by atoms with Gasteiger partial charge in [0.2, 0.25) is 0 Å². The Labute approximate surface area is 155 Å². The average Bonchev–Trinajstić information content (AvgIpc) is 2.65. The van der Waals surface area contributed by atoms with Gasteiger partial charge in [0.1, 0.15) is 0 Å². The van der Waals surface area contributed by atoms with Gasteiger partial charge in [-0.25, -0.2) is 0 Å². The molecule has 2 aromatic rings. The highest BCUT2D eigenvalue weighted by Gasteiger charge is 2.09. The van der Waals surface area contributed by atoms with E-state index in [9.17, 15) is 4.79 Å². The van der Waals surface area contributed by atoms with Crippen LogP contribution in [0.3, 0.4) is 0 Å². The smallest absolute Gasteiger partial charge is 0.262 e. The van der Waals surface area contributed by atoms with Crippen LogP contribution in [0.1, 0.15) is 25.0 Å². The zero-order chi connectivity index (χ0) is 18.8. The van der Waals surface area contributed by atoms with Crippen molar-refractivity contribution in [3.8, 4) is 11.5 Å². The summed E-state index contributed by atoms with van der Waals surface area (Å²) < 4.78 is 11.0. The lowest BCUT2D eigenvalue weighted by Crippen LogP contribution is -2.20. The van der Waals surface area contributed by atoms with Crippen molar-refractivity contribution in [1.29, 1.82) is 0 Å². The molecule has 0 bridgehead atoms. The largest absolute Gasteiger partial charge is 0.493 e. The number of ether oxygens (including phenoxy) is 2. The number of anilines is 1.